The van der Waals surface area contributed by atoms with Gasteiger partial charge in [0.05, 0.1) is 13.2 Å². The van der Waals surface area contributed by atoms with Crippen LogP contribution in [0, 0.1) is 0 Å². The largest absolute Gasteiger partial charge is 0.370 e. The van der Waals surface area contributed by atoms with Gasteiger partial charge in [-0.3, -0.25) is 0 Å². The molecule has 4 rings (SSSR count). The van der Waals surface area contributed by atoms with Gasteiger partial charge in [-0.05, 0) is 17.7 Å². The van der Waals surface area contributed by atoms with Gasteiger partial charge in [-0.25, -0.2) is 0 Å². The molecular formula is C18H16ClN3O2. The predicted octanol–water partition coefficient (Wildman–Crippen LogP) is 3.97. The van der Waals surface area contributed by atoms with Crippen molar-refractivity contribution in [3.8, 4) is 11.4 Å². The molecular weight excluding hydrogens is 326 g/mol. The number of anilines is 1. The Kier molecular flexibility index (Phi) is 4.19. The first-order chi connectivity index (χ1) is 11.8. The lowest BCUT2D eigenvalue weighted by molar-refractivity contribution is 0.0376. The maximum Gasteiger partial charge on any atom is 0.324 e. The Labute approximate surface area is 144 Å². The van der Waals surface area contributed by atoms with Crippen molar-refractivity contribution in [3.05, 3.63) is 65.2 Å². The Hall–Kier alpha value is -2.37. The van der Waals surface area contributed by atoms with Crippen molar-refractivity contribution in [3.63, 3.8) is 0 Å². The second-order valence-electron chi connectivity index (χ2n) is 5.62. The Morgan fingerprint density at radius 1 is 1.04 bits per heavy atom. The number of benzene rings is 2. The second-order valence-corrected chi connectivity index (χ2v) is 6.06. The third-order valence-corrected chi connectivity index (χ3v) is 4.28. The van der Waals surface area contributed by atoms with E-state index in [1.54, 1.807) is 0 Å². The smallest absolute Gasteiger partial charge is 0.324 e. The van der Waals surface area contributed by atoms with Gasteiger partial charge in [0, 0.05) is 17.1 Å². The normalized spacial score (nSPS) is 17.9. The predicted molar refractivity (Wildman–Crippen MR) is 92.1 cm³/mol. The van der Waals surface area contributed by atoms with E-state index in [0.29, 0.717) is 25.0 Å². The average Bonchev–Trinajstić information content (AvgIpc) is 3.13. The Morgan fingerprint density at radius 3 is 2.62 bits per heavy atom. The van der Waals surface area contributed by atoms with Crippen molar-refractivity contribution < 1.29 is 9.26 Å². The SMILES string of the molecule is Clc1ccc([C@@H]2CN(c3nc(-c4ccccc4)no3)CCO2)cc1. The highest BCUT2D eigenvalue weighted by atomic mass is 35.5. The minimum Gasteiger partial charge on any atom is -0.370 e. The topological polar surface area (TPSA) is 51.4 Å². The van der Waals surface area contributed by atoms with Crippen molar-refractivity contribution >= 4 is 17.6 Å². The van der Waals surface area contributed by atoms with Crippen LogP contribution >= 0.6 is 11.6 Å². The van der Waals surface area contributed by atoms with Gasteiger partial charge in [0.15, 0.2) is 0 Å². The van der Waals surface area contributed by atoms with Crippen LogP contribution < -0.4 is 4.90 Å². The quantitative estimate of drug-likeness (QED) is 0.721. The molecule has 0 radical (unpaired) electrons. The van der Waals surface area contributed by atoms with E-state index in [-0.39, 0.29) is 6.10 Å². The van der Waals surface area contributed by atoms with E-state index < -0.39 is 0 Å². The molecule has 122 valence electrons. The highest BCUT2D eigenvalue weighted by molar-refractivity contribution is 6.30. The summed E-state index contributed by atoms with van der Waals surface area (Å²) in [6.07, 6.45) is -0.0388. The monoisotopic (exact) mass is 341 g/mol. The van der Waals surface area contributed by atoms with Crippen LogP contribution in [0.5, 0.6) is 0 Å². The van der Waals surface area contributed by atoms with E-state index in [0.717, 1.165) is 22.7 Å². The summed E-state index contributed by atoms with van der Waals surface area (Å²) in [5.74, 6) is 0.597. The molecule has 0 saturated carbocycles. The van der Waals surface area contributed by atoms with Crippen LogP contribution in [-0.2, 0) is 4.74 Å². The zero-order valence-corrected chi connectivity index (χ0v) is 13.7. The highest BCUT2D eigenvalue weighted by Crippen LogP contribution is 2.27. The molecule has 0 N–H and O–H groups in total. The van der Waals surface area contributed by atoms with Crippen molar-refractivity contribution in [2.75, 3.05) is 24.6 Å². The van der Waals surface area contributed by atoms with E-state index in [1.807, 2.05) is 54.6 Å². The van der Waals surface area contributed by atoms with Crippen LogP contribution in [0.25, 0.3) is 11.4 Å². The van der Waals surface area contributed by atoms with Crippen LogP contribution in [0.15, 0.2) is 59.1 Å². The highest BCUT2D eigenvalue weighted by Gasteiger charge is 2.25. The van der Waals surface area contributed by atoms with E-state index in [2.05, 4.69) is 15.0 Å². The minimum atomic E-state index is -0.0388. The van der Waals surface area contributed by atoms with Gasteiger partial charge in [0.1, 0.15) is 6.10 Å². The molecule has 2 aromatic carbocycles. The molecule has 1 atom stereocenters. The first-order valence-corrected chi connectivity index (χ1v) is 8.18. The molecule has 1 aliphatic rings. The maximum atomic E-state index is 5.95. The molecule has 2 heterocycles. The lowest BCUT2D eigenvalue weighted by Gasteiger charge is -2.31. The minimum absolute atomic E-state index is 0.0388. The van der Waals surface area contributed by atoms with E-state index in [4.69, 9.17) is 20.9 Å². The lowest BCUT2D eigenvalue weighted by Crippen LogP contribution is -2.38. The summed E-state index contributed by atoms with van der Waals surface area (Å²) in [6.45, 7) is 1.99. The van der Waals surface area contributed by atoms with Gasteiger partial charge in [-0.15, -0.1) is 0 Å². The van der Waals surface area contributed by atoms with Crippen molar-refractivity contribution in [2.24, 2.45) is 0 Å². The Balaban J connectivity index is 1.52. The number of nitrogens with zero attached hydrogens (tertiary/aromatic N) is 3. The van der Waals surface area contributed by atoms with Gasteiger partial charge in [-0.1, -0.05) is 59.2 Å². The molecule has 6 heteroatoms. The van der Waals surface area contributed by atoms with Crippen molar-refractivity contribution in [1.82, 2.24) is 10.1 Å². The molecule has 1 aromatic heterocycles. The van der Waals surface area contributed by atoms with Crippen LogP contribution in [0.4, 0.5) is 6.01 Å². The van der Waals surface area contributed by atoms with Gasteiger partial charge in [-0.2, -0.15) is 4.98 Å². The number of aromatic nitrogens is 2. The fourth-order valence-corrected chi connectivity index (χ4v) is 2.88. The summed E-state index contributed by atoms with van der Waals surface area (Å²) < 4.78 is 11.3. The van der Waals surface area contributed by atoms with Crippen LogP contribution in [0.2, 0.25) is 5.02 Å². The van der Waals surface area contributed by atoms with E-state index >= 15 is 0 Å². The Bertz CT molecular complexity index is 805. The molecule has 0 aliphatic carbocycles. The number of hydrogen-bond acceptors (Lipinski definition) is 5. The standard InChI is InChI=1S/C18H16ClN3O2/c19-15-8-6-13(7-9-15)16-12-22(10-11-23-16)18-20-17(21-24-18)14-4-2-1-3-5-14/h1-9,16H,10-12H2/t16-/m0/s1. The number of halogens is 1. The summed E-state index contributed by atoms with van der Waals surface area (Å²) in [5, 5.41) is 4.80. The molecule has 0 amide bonds. The first kappa shape index (κ1) is 15.2. The van der Waals surface area contributed by atoms with Gasteiger partial charge < -0.3 is 14.2 Å². The number of morpholine rings is 1. The fraction of sp³-hybridized carbons (Fsp3) is 0.222. The van der Waals surface area contributed by atoms with Gasteiger partial charge >= 0.3 is 6.01 Å². The zero-order chi connectivity index (χ0) is 16.4. The summed E-state index contributed by atoms with van der Waals surface area (Å²) in [6, 6.07) is 18.0. The lowest BCUT2D eigenvalue weighted by atomic mass is 10.1. The molecule has 1 saturated heterocycles. The third-order valence-electron chi connectivity index (χ3n) is 4.03. The third kappa shape index (κ3) is 3.13. The average molecular weight is 342 g/mol. The summed E-state index contributed by atoms with van der Waals surface area (Å²) >= 11 is 5.95. The van der Waals surface area contributed by atoms with E-state index in [9.17, 15) is 0 Å². The summed E-state index contributed by atoms with van der Waals surface area (Å²) in [7, 11) is 0. The number of hydrogen-bond donors (Lipinski definition) is 0. The first-order valence-electron chi connectivity index (χ1n) is 7.81. The molecule has 0 spiro atoms. The molecule has 3 aromatic rings. The molecule has 1 fully saturated rings. The maximum absolute atomic E-state index is 5.95. The van der Waals surface area contributed by atoms with Crippen molar-refractivity contribution in [2.45, 2.75) is 6.10 Å². The van der Waals surface area contributed by atoms with Gasteiger partial charge in [0.25, 0.3) is 0 Å². The molecule has 24 heavy (non-hydrogen) atoms. The second kappa shape index (κ2) is 6.63. The van der Waals surface area contributed by atoms with Crippen LogP contribution in [0.3, 0.4) is 0 Å². The van der Waals surface area contributed by atoms with E-state index in [1.165, 1.54) is 0 Å². The van der Waals surface area contributed by atoms with Crippen LogP contribution in [-0.4, -0.2) is 29.8 Å². The fourth-order valence-electron chi connectivity index (χ4n) is 2.75. The number of ether oxygens (including phenoxy) is 1. The molecule has 5 nitrogen and oxygen atoms in total. The Morgan fingerprint density at radius 2 is 1.83 bits per heavy atom. The molecule has 0 unspecified atom stereocenters. The molecule has 0 bridgehead atoms. The zero-order valence-electron chi connectivity index (χ0n) is 12.9. The molecule has 1 aliphatic heterocycles. The van der Waals surface area contributed by atoms with Gasteiger partial charge in [0.2, 0.25) is 5.82 Å². The van der Waals surface area contributed by atoms with Crippen LogP contribution in [0.1, 0.15) is 11.7 Å². The summed E-state index contributed by atoms with van der Waals surface area (Å²) in [5.41, 5.74) is 2.03. The summed E-state index contributed by atoms with van der Waals surface area (Å²) in [4.78, 5) is 6.58. The number of rotatable bonds is 3. The van der Waals surface area contributed by atoms with Crippen molar-refractivity contribution in [1.29, 1.82) is 0 Å².